The van der Waals surface area contributed by atoms with E-state index < -0.39 is 12.0 Å². The Hall–Kier alpha value is -4.23. The molecule has 0 aliphatic carbocycles. The number of nitrogens with one attached hydrogen (secondary N) is 1. The highest BCUT2D eigenvalue weighted by Crippen LogP contribution is 2.34. The summed E-state index contributed by atoms with van der Waals surface area (Å²) in [5.41, 5.74) is 10.0. The summed E-state index contributed by atoms with van der Waals surface area (Å²) in [4.78, 5) is 11.9. The van der Waals surface area contributed by atoms with Crippen molar-refractivity contribution in [3.8, 4) is 23.1 Å². The number of hydrogen-bond donors (Lipinski definition) is 2. The number of rotatable bonds is 6. The number of carbonyl (C=O) groups is 1. The summed E-state index contributed by atoms with van der Waals surface area (Å²) < 4.78 is 9.97. The van der Waals surface area contributed by atoms with Gasteiger partial charge in [0.25, 0.3) is 0 Å². The highest BCUT2D eigenvalue weighted by molar-refractivity contribution is 5.94. The fourth-order valence-electron chi connectivity index (χ4n) is 4.72. The zero-order valence-electron chi connectivity index (χ0n) is 19.6. The number of aromatic nitrogens is 5. The van der Waals surface area contributed by atoms with Crippen molar-refractivity contribution in [1.29, 1.82) is 5.26 Å². The summed E-state index contributed by atoms with van der Waals surface area (Å²) in [6.07, 6.45) is 4.82. The van der Waals surface area contributed by atoms with Crippen molar-refractivity contribution in [3.63, 3.8) is 0 Å². The Bertz CT molecular complexity index is 1440. The molecule has 3 N–H and O–H groups in total. The van der Waals surface area contributed by atoms with E-state index in [1.54, 1.807) is 16.6 Å². The molecule has 5 rings (SSSR count). The lowest BCUT2D eigenvalue weighted by molar-refractivity contribution is 0.0995. The molecule has 1 saturated heterocycles. The number of fused-ring (bicyclic) bond motifs is 1. The Morgan fingerprint density at radius 1 is 1.31 bits per heavy atom. The van der Waals surface area contributed by atoms with Crippen LogP contribution in [0.15, 0.2) is 42.7 Å². The van der Waals surface area contributed by atoms with Gasteiger partial charge in [-0.3, -0.25) is 4.79 Å². The van der Waals surface area contributed by atoms with E-state index in [1.165, 1.54) is 6.20 Å². The third kappa shape index (κ3) is 4.11. The number of nitrogens with zero attached hydrogens (tertiary/aromatic N) is 6. The van der Waals surface area contributed by atoms with Gasteiger partial charge in [-0.1, -0.05) is 23.4 Å². The van der Waals surface area contributed by atoms with Crippen LogP contribution in [0.5, 0.6) is 5.75 Å². The molecule has 4 aromatic rings. The first kappa shape index (κ1) is 22.6. The SMILES string of the molecule is Cc1c(-c2cc(OC(C)c3ccccc3C(N)=O)c3c(C#N)cnn3c2)nnn1C1CCNCC1. The molecule has 3 aromatic heterocycles. The third-order valence-corrected chi connectivity index (χ3v) is 6.52. The summed E-state index contributed by atoms with van der Waals surface area (Å²) in [7, 11) is 0. The van der Waals surface area contributed by atoms with Gasteiger partial charge < -0.3 is 15.8 Å². The third-order valence-electron chi connectivity index (χ3n) is 6.52. The lowest BCUT2D eigenvalue weighted by Crippen LogP contribution is -2.30. The van der Waals surface area contributed by atoms with Gasteiger partial charge in [0.1, 0.15) is 34.7 Å². The van der Waals surface area contributed by atoms with Crippen molar-refractivity contribution < 1.29 is 9.53 Å². The number of nitriles is 1. The van der Waals surface area contributed by atoms with Gasteiger partial charge in [-0.05, 0) is 51.9 Å². The average Bonchev–Trinajstić information content (AvgIpc) is 3.47. The Kier molecular flexibility index (Phi) is 5.93. The zero-order chi connectivity index (χ0) is 24.5. The first-order valence-electron chi connectivity index (χ1n) is 11.6. The van der Waals surface area contributed by atoms with Gasteiger partial charge in [-0.2, -0.15) is 10.4 Å². The predicted octanol–water partition coefficient (Wildman–Crippen LogP) is 2.94. The molecule has 178 valence electrons. The van der Waals surface area contributed by atoms with Crippen LogP contribution in [0.3, 0.4) is 0 Å². The summed E-state index contributed by atoms with van der Waals surface area (Å²) >= 11 is 0. The predicted molar refractivity (Wildman–Crippen MR) is 129 cm³/mol. The van der Waals surface area contributed by atoms with Crippen molar-refractivity contribution in [2.75, 3.05) is 13.1 Å². The summed E-state index contributed by atoms with van der Waals surface area (Å²) in [6, 6.07) is 11.4. The summed E-state index contributed by atoms with van der Waals surface area (Å²) in [6.45, 7) is 5.76. The first-order chi connectivity index (χ1) is 17.0. The number of ether oxygens (including phenoxy) is 1. The topological polar surface area (TPSA) is 136 Å². The Balaban J connectivity index is 1.57. The van der Waals surface area contributed by atoms with E-state index in [4.69, 9.17) is 10.5 Å². The largest absolute Gasteiger partial charge is 0.484 e. The Morgan fingerprint density at radius 2 is 2.09 bits per heavy atom. The second kappa shape index (κ2) is 9.19. The van der Waals surface area contributed by atoms with Crippen molar-refractivity contribution in [2.24, 2.45) is 5.73 Å². The van der Waals surface area contributed by atoms with Crippen LogP contribution in [0.4, 0.5) is 0 Å². The van der Waals surface area contributed by atoms with Crippen LogP contribution in [-0.2, 0) is 0 Å². The number of nitrogens with two attached hydrogens (primary N) is 1. The number of carbonyl (C=O) groups excluding carboxylic acids is 1. The highest BCUT2D eigenvalue weighted by atomic mass is 16.5. The molecule has 10 nitrogen and oxygen atoms in total. The quantitative estimate of drug-likeness (QED) is 0.442. The van der Waals surface area contributed by atoms with Gasteiger partial charge in [-0.15, -0.1) is 5.10 Å². The van der Waals surface area contributed by atoms with Crippen molar-refractivity contribution >= 4 is 11.4 Å². The molecular weight excluding hydrogens is 444 g/mol. The summed E-state index contributed by atoms with van der Waals surface area (Å²) in [5.74, 6) is -0.0682. The van der Waals surface area contributed by atoms with Gasteiger partial charge in [0.05, 0.1) is 17.9 Å². The number of pyridine rings is 1. The monoisotopic (exact) mass is 470 g/mol. The minimum atomic E-state index is -0.526. The fourth-order valence-corrected chi connectivity index (χ4v) is 4.72. The van der Waals surface area contributed by atoms with E-state index in [0.29, 0.717) is 34.0 Å². The second-order valence-electron chi connectivity index (χ2n) is 8.72. The molecule has 1 aromatic carbocycles. The van der Waals surface area contributed by atoms with Crippen LogP contribution >= 0.6 is 0 Å². The van der Waals surface area contributed by atoms with Crippen LogP contribution < -0.4 is 15.8 Å². The van der Waals surface area contributed by atoms with Gasteiger partial charge in [0.2, 0.25) is 5.91 Å². The van der Waals surface area contributed by atoms with E-state index in [1.807, 2.05) is 42.9 Å². The van der Waals surface area contributed by atoms with Crippen molar-refractivity contribution in [2.45, 2.75) is 38.8 Å². The second-order valence-corrected chi connectivity index (χ2v) is 8.72. The van der Waals surface area contributed by atoms with Crippen molar-refractivity contribution in [3.05, 3.63) is 65.1 Å². The lowest BCUT2D eigenvalue weighted by Gasteiger charge is -2.23. The molecular formula is C25H26N8O2. The molecule has 10 heteroatoms. The van der Waals surface area contributed by atoms with Crippen LogP contribution in [0.2, 0.25) is 0 Å². The number of piperidine rings is 1. The molecule has 0 radical (unpaired) electrons. The van der Waals surface area contributed by atoms with Gasteiger partial charge in [0.15, 0.2) is 0 Å². The molecule has 0 saturated carbocycles. The fraction of sp³-hybridized carbons (Fsp3) is 0.320. The van der Waals surface area contributed by atoms with E-state index in [2.05, 4.69) is 26.8 Å². The number of benzene rings is 1. The maximum absolute atomic E-state index is 11.9. The van der Waals surface area contributed by atoms with E-state index in [-0.39, 0.29) is 0 Å². The zero-order valence-corrected chi connectivity index (χ0v) is 19.6. The standard InChI is InChI=1S/C25H26N8O2/c1-15-23(30-31-33(15)19-7-9-28-10-8-19)17-11-22(24-18(12-26)13-29-32(24)14-17)35-16(2)20-5-3-4-6-21(20)25(27)34/h3-6,11,13-14,16,19,28H,7-10H2,1-2H3,(H2,27,34). The molecule has 4 heterocycles. The van der Waals surface area contributed by atoms with Crippen LogP contribution in [0.25, 0.3) is 16.8 Å². The van der Waals surface area contributed by atoms with E-state index >= 15 is 0 Å². The molecule has 1 unspecified atom stereocenters. The van der Waals surface area contributed by atoms with Gasteiger partial charge >= 0.3 is 0 Å². The molecule has 1 aliphatic heterocycles. The first-order valence-corrected chi connectivity index (χ1v) is 11.6. The van der Waals surface area contributed by atoms with Crippen LogP contribution in [0, 0.1) is 18.3 Å². The van der Waals surface area contributed by atoms with E-state index in [9.17, 15) is 10.1 Å². The maximum Gasteiger partial charge on any atom is 0.249 e. The van der Waals surface area contributed by atoms with Crippen molar-refractivity contribution in [1.82, 2.24) is 29.9 Å². The highest BCUT2D eigenvalue weighted by Gasteiger charge is 2.23. The van der Waals surface area contributed by atoms with E-state index in [0.717, 1.165) is 42.9 Å². The van der Waals surface area contributed by atoms with Crippen LogP contribution in [0.1, 0.15) is 59.1 Å². The smallest absolute Gasteiger partial charge is 0.249 e. The molecule has 1 fully saturated rings. The molecule has 1 atom stereocenters. The summed E-state index contributed by atoms with van der Waals surface area (Å²) in [5, 5.41) is 26.3. The maximum atomic E-state index is 11.9. The number of primary amides is 1. The average molecular weight is 471 g/mol. The number of hydrogen-bond acceptors (Lipinski definition) is 7. The number of amides is 1. The van der Waals surface area contributed by atoms with Crippen LogP contribution in [-0.4, -0.2) is 43.6 Å². The molecule has 1 amide bonds. The Morgan fingerprint density at radius 3 is 2.83 bits per heavy atom. The normalized spacial score (nSPS) is 15.1. The molecule has 0 spiro atoms. The lowest BCUT2D eigenvalue weighted by atomic mass is 10.0. The molecule has 0 bridgehead atoms. The van der Waals surface area contributed by atoms with Gasteiger partial charge in [0, 0.05) is 22.9 Å². The minimum absolute atomic E-state index is 0.303. The molecule has 35 heavy (non-hydrogen) atoms. The van der Waals surface area contributed by atoms with Gasteiger partial charge in [-0.25, -0.2) is 9.20 Å². The minimum Gasteiger partial charge on any atom is -0.484 e. The molecule has 1 aliphatic rings. The Labute approximate surface area is 202 Å².